The number of hydrogen-bond donors (Lipinski definition) is 2. The summed E-state index contributed by atoms with van der Waals surface area (Å²) in [4.78, 5) is 23.0. The Morgan fingerprint density at radius 2 is 2.00 bits per heavy atom. The second-order valence-corrected chi connectivity index (χ2v) is 3.45. The van der Waals surface area contributed by atoms with Gasteiger partial charge in [-0.3, -0.25) is 9.59 Å². The van der Waals surface area contributed by atoms with Crippen molar-refractivity contribution in [3.63, 3.8) is 0 Å². The lowest BCUT2D eigenvalue weighted by atomic mass is 9.97. The molecule has 1 atom stereocenters. The van der Waals surface area contributed by atoms with E-state index < -0.39 is 17.7 Å². The summed E-state index contributed by atoms with van der Waals surface area (Å²) < 4.78 is 0. The third-order valence-electron chi connectivity index (χ3n) is 2.22. The monoisotopic (exact) mass is 231 g/mol. The van der Waals surface area contributed by atoms with Gasteiger partial charge in [-0.2, -0.15) is 5.26 Å². The molecule has 0 fully saturated rings. The zero-order valence-corrected chi connectivity index (χ0v) is 9.22. The molecule has 1 rings (SSSR count). The second-order valence-electron chi connectivity index (χ2n) is 3.45. The topological polar surface area (TPSA) is 96.0 Å². The van der Waals surface area contributed by atoms with Crippen molar-refractivity contribution in [1.82, 2.24) is 5.32 Å². The molecule has 88 valence electrons. The van der Waals surface area contributed by atoms with Gasteiger partial charge < -0.3 is 11.1 Å². The van der Waals surface area contributed by atoms with Crippen molar-refractivity contribution < 1.29 is 9.59 Å². The SMILES string of the molecule is N#CCCNC(=O)C(C(N)=O)c1ccccc1. The number of nitrogens with zero attached hydrogens (tertiary/aromatic N) is 1. The van der Waals surface area contributed by atoms with E-state index in [4.69, 9.17) is 11.0 Å². The fourth-order valence-corrected chi connectivity index (χ4v) is 1.43. The number of nitriles is 1. The Bertz CT molecular complexity index is 437. The van der Waals surface area contributed by atoms with E-state index in [0.717, 1.165) is 0 Å². The predicted octanol–water partition coefficient (Wildman–Crippen LogP) is 0.285. The first-order valence-electron chi connectivity index (χ1n) is 5.15. The normalized spacial score (nSPS) is 11.2. The van der Waals surface area contributed by atoms with Gasteiger partial charge in [0.15, 0.2) is 0 Å². The standard InChI is InChI=1S/C12H13N3O2/c13-7-4-8-15-12(17)10(11(14)16)9-5-2-1-3-6-9/h1-3,5-6,10H,4,8H2,(H2,14,16)(H,15,17). The van der Waals surface area contributed by atoms with Gasteiger partial charge in [0.2, 0.25) is 11.8 Å². The van der Waals surface area contributed by atoms with Crippen LogP contribution in [-0.4, -0.2) is 18.4 Å². The van der Waals surface area contributed by atoms with Gasteiger partial charge in [-0.25, -0.2) is 0 Å². The third-order valence-corrected chi connectivity index (χ3v) is 2.22. The molecule has 0 heterocycles. The molecule has 1 aromatic carbocycles. The molecular weight excluding hydrogens is 218 g/mol. The third kappa shape index (κ3) is 3.61. The number of carbonyl (C=O) groups excluding carboxylic acids is 2. The van der Waals surface area contributed by atoms with Crippen LogP contribution >= 0.6 is 0 Å². The molecule has 0 saturated heterocycles. The van der Waals surface area contributed by atoms with Gasteiger partial charge in [-0.05, 0) is 5.56 Å². The average molecular weight is 231 g/mol. The van der Waals surface area contributed by atoms with E-state index in [1.807, 2.05) is 6.07 Å². The highest BCUT2D eigenvalue weighted by atomic mass is 16.2. The summed E-state index contributed by atoms with van der Waals surface area (Å²) in [5, 5.41) is 10.9. The summed E-state index contributed by atoms with van der Waals surface area (Å²) in [6.45, 7) is 0.214. The van der Waals surface area contributed by atoms with Crippen molar-refractivity contribution in [3.05, 3.63) is 35.9 Å². The maximum absolute atomic E-state index is 11.7. The minimum Gasteiger partial charge on any atom is -0.369 e. The molecule has 0 aliphatic rings. The van der Waals surface area contributed by atoms with Crippen LogP contribution in [-0.2, 0) is 9.59 Å². The molecule has 1 aromatic rings. The van der Waals surface area contributed by atoms with E-state index in [9.17, 15) is 9.59 Å². The molecule has 0 spiro atoms. The molecule has 0 bridgehead atoms. The molecule has 0 aliphatic carbocycles. The van der Waals surface area contributed by atoms with Crippen molar-refractivity contribution in [2.75, 3.05) is 6.54 Å². The molecular formula is C12H13N3O2. The van der Waals surface area contributed by atoms with Gasteiger partial charge >= 0.3 is 0 Å². The number of rotatable bonds is 5. The number of carbonyl (C=O) groups is 2. The fourth-order valence-electron chi connectivity index (χ4n) is 1.43. The molecule has 0 radical (unpaired) electrons. The lowest BCUT2D eigenvalue weighted by Gasteiger charge is -2.13. The Labute approximate surface area is 99.2 Å². The highest BCUT2D eigenvalue weighted by Crippen LogP contribution is 2.14. The van der Waals surface area contributed by atoms with Crippen molar-refractivity contribution in [2.24, 2.45) is 5.73 Å². The van der Waals surface area contributed by atoms with Crippen LogP contribution in [0.2, 0.25) is 0 Å². The van der Waals surface area contributed by atoms with Gasteiger partial charge in [0, 0.05) is 6.54 Å². The minimum atomic E-state index is -1.00. The van der Waals surface area contributed by atoms with Gasteiger partial charge in [0.05, 0.1) is 12.5 Å². The zero-order valence-electron chi connectivity index (χ0n) is 9.22. The average Bonchev–Trinajstić information content (AvgIpc) is 2.30. The number of primary amides is 1. The lowest BCUT2D eigenvalue weighted by Crippen LogP contribution is -2.37. The van der Waals surface area contributed by atoms with Crippen LogP contribution in [0, 0.1) is 11.3 Å². The number of nitrogens with one attached hydrogen (secondary N) is 1. The first kappa shape index (κ1) is 12.7. The quantitative estimate of drug-likeness (QED) is 0.563. The number of hydrogen-bond acceptors (Lipinski definition) is 3. The summed E-state index contributed by atoms with van der Waals surface area (Å²) in [7, 11) is 0. The summed E-state index contributed by atoms with van der Waals surface area (Å²) in [6, 6.07) is 10.5. The van der Waals surface area contributed by atoms with Crippen molar-refractivity contribution >= 4 is 11.8 Å². The molecule has 5 nitrogen and oxygen atoms in total. The predicted molar refractivity (Wildman–Crippen MR) is 61.6 cm³/mol. The largest absolute Gasteiger partial charge is 0.369 e. The summed E-state index contributed by atoms with van der Waals surface area (Å²) in [5.74, 6) is -2.18. The van der Waals surface area contributed by atoms with Crippen molar-refractivity contribution in [2.45, 2.75) is 12.3 Å². The maximum atomic E-state index is 11.7. The van der Waals surface area contributed by atoms with Crippen LogP contribution in [0.15, 0.2) is 30.3 Å². The van der Waals surface area contributed by atoms with Crippen LogP contribution in [0.5, 0.6) is 0 Å². The lowest BCUT2D eigenvalue weighted by molar-refractivity contribution is -0.129. The Hall–Kier alpha value is -2.35. The van der Waals surface area contributed by atoms with Crippen molar-refractivity contribution in [1.29, 1.82) is 5.26 Å². The van der Waals surface area contributed by atoms with E-state index >= 15 is 0 Å². The van der Waals surface area contributed by atoms with Crippen LogP contribution in [0.1, 0.15) is 17.9 Å². The maximum Gasteiger partial charge on any atom is 0.237 e. The molecule has 3 N–H and O–H groups in total. The van der Waals surface area contributed by atoms with Gasteiger partial charge in [0.1, 0.15) is 5.92 Å². The van der Waals surface area contributed by atoms with Crippen LogP contribution in [0.3, 0.4) is 0 Å². The molecule has 0 aromatic heterocycles. The Morgan fingerprint density at radius 1 is 1.35 bits per heavy atom. The van der Waals surface area contributed by atoms with Crippen molar-refractivity contribution in [3.8, 4) is 6.07 Å². The van der Waals surface area contributed by atoms with Crippen LogP contribution < -0.4 is 11.1 Å². The summed E-state index contributed by atoms with van der Waals surface area (Å²) in [5.41, 5.74) is 5.76. The van der Waals surface area contributed by atoms with E-state index in [1.165, 1.54) is 0 Å². The van der Waals surface area contributed by atoms with Gasteiger partial charge in [0.25, 0.3) is 0 Å². The van der Waals surface area contributed by atoms with E-state index in [-0.39, 0.29) is 13.0 Å². The fraction of sp³-hybridized carbons (Fsp3) is 0.250. The molecule has 0 saturated carbocycles. The molecule has 1 unspecified atom stereocenters. The molecule has 5 heteroatoms. The summed E-state index contributed by atoms with van der Waals surface area (Å²) >= 11 is 0. The van der Waals surface area contributed by atoms with Gasteiger partial charge in [-0.15, -0.1) is 0 Å². The highest BCUT2D eigenvalue weighted by Gasteiger charge is 2.25. The Balaban J connectivity index is 2.77. The number of benzene rings is 1. The minimum absolute atomic E-state index is 0.200. The van der Waals surface area contributed by atoms with E-state index in [0.29, 0.717) is 5.56 Å². The summed E-state index contributed by atoms with van der Waals surface area (Å²) in [6.07, 6.45) is 0.200. The van der Waals surface area contributed by atoms with Crippen LogP contribution in [0.4, 0.5) is 0 Å². The smallest absolute Gasteiger partial charge is 0.237 e. The Morgan fingerprint density at radius 3 is 2.53 bits per heavy atom. The first-order chi connectivity index (χ1) is 8.16. The molecule has 0 aliphatic heterocycles. The zero-order chi connectivity index (χ0) is 12.7. The van der Waals surface area contributed by atoms with Crippen LogP contribution in [0.25, 0.3) is 0 Å². The number of nitrogens with two attached hydrogens (primary N) is 1. The van der Waals surface area contributed by atoms with Gasteiger partial charge in [-0.1, -0.05) is 30.3 Å². The molecule has 17 heavy (non-hydrogen) atoms. The molecule has 2 amide bonds. The Kier molecular flexibility index (Phi) is 4.70. The second kappa shape index (κ2) is 6.28. The van der Waals surface area contributed by atoms with E-state index in [2.05, 4.69) is 5.32 Å². The first-order valence-corrected chi connectivity index (χ1v) is 5.15. The highest BCUT2D eigenvalue weighted by molar-refractivity contribution is 6.05. The number of amides is 2. The van der Waals surface area contributed by atoms with E-state index in [1.54, 1.807) is 30.3 Å².